The fourth-order valence-electron chi connectivity index (χ4n) is 1.08. The van der Waals surface area contributed by atoms with E-state index in [0.717, 1.165) is 12.2 Å². The van der Waals surface area contributed by atoms with Crippen LogP contribution in [0, 0.1) is 0 Å². The minimum absolute atomic E-state index is 0. The molecule has 0 aromatic heterocycles. The molecule has 0 saturated carbocycles. The molecule has 0 unspecified atom stereocenters. The smallest absolute Gasteiger partial charge is 0.187 e. The van der Waals surface area contributed by atoms with Gasteiger partial charge in [-0.15, -0.1) is 0 Å². The van der Waals surface area contributed by atoms with Gasteiger partial charge < -0.3 is 4.74 Å². The molecule has 4 heteroatoms. The maximum Gasteiger partial charge on any atom is 0.187 e. The Balaban J connectivity index is 0. The van der Waals surface area contributed by atoms with Gasteiger partial charge in [0.1, 0.15) is 5.75 Å². The number of hydrogen-bond donors (Lipinski definition) is 0. The fourth-order valence-corrected chi connectivity index (χ4v) is 1.08. The summed E-state index contributed by atoms with van der Waals surface area (Å²) in [6.45, 7) is 0. The number of fused-ring (bicyclic) bond motifs is 1. The van der Waals surface area contributed by atoms with E-state index in [1.54, 1.807) is 6.26 Å². The SMILES string of the molecule is B.C1=COc2ccccc2C1.[AlH3].[Zn]. The average molecular weight is 241 g/mol. The van der Waals surface area contributed by atoms with Crippen LogP contribution in [0.3, 0.4) is 0 Å². The van der Waals surface area contributed by atoms with Crippen molar-refractivity contribution in [3.05, 3.63) is 42.2 Å². The van der Waals surface area contributed by atoms with E-state index in [-0.39, 0.29) is 45.3 Å². The zero-order valence-corrected chi connectivity index (χ0v) is 9.25. The Labute approximate surface area is 104 Å². The molecule has 64 valence electrons. The molecule has 2 rings (SSSR count). The van der Waals surface area contributed by atoms with Crippen molar-refractivity contribution in [3.63, 3.8) is 0 Å². The zero-order valence-electron chi connectivity index (χ0n) is 6.29. The maximum absolute atomic E-state index is 5.24. The summed E-state index contributed by atoms with van der Waals surface area (Å²) in [6.07, 6.45) is 4.75. The van der Waals surface area contributed by atoms with E-state index in [1.165, 1.54) is 5.56 Å². The Bertz CT molecular complexity index is 251. The summed E-state index contributed by atoms with van der Waals surface area (Å²) in [5.74, 6) is 0.991. The van der Waals surface area contributed by atoms with Crippen LogP contribution in [-0.2, 0) is 25.9 Å². The van der Waals surface area contributed by atoms with Crippen molar-refractivity contribution in [3.8, 4) is 5.75 Å². The van der Waals surface area contributed by atoms with Crippen LogP contribution in [0.25, 0.3) is 0 Å². The van der Waals surface area contributed by atoms with Crippen molar-refractivity contribution < 1.29 is 24.2 Å². The summed E-state index contributed by atoms with van der Waals surface area (Å²) in [5.41, 5.74) is 1.27. The van der Waals surface area contributed by atoms with E-state index in [1.807, 2.05) is 24.3 Å². The van der Waals surface area contributed by atoms with Crippen LogP contribution in [0.1, 0.15) is 5.56 Å². The minimum Gasteiger partial charge on any atom is -0.465 e. The summed E-state index contributed by atoms with van der Waals surface area (Å²) in [6, 6.07) is 8.08. The van der Waals surface area contributed by atoms with Crippen molar-refractivity contribution in [2.24, 2.45) is 0 Å². The first-order chi connectivity index (χ1) is 4.97. The first-order valence-corrected chi connectivity index (χ1v) is 3.36. The van der Waals surface area contributed by atoms with Gasteiger partial charge in [-0.2, -0.15) is 0 Å². The van der Waals surface area contributed by atoms with Crippen LogP contribution < -0.4 is 4.74 Å². The molecule has 0 spiro atoms. The Hall–Kier alpha value is -0.0192. The van der Waals surface area contributed by atoms with Gasteiger partial charge in [0, 0.05) is 19.5 Å². The van der Waals surface area contributed by atoms with Gasteiger partial charge in [-0.25, -0.2) is 0 Å². The van der Waals surface area contributed by atoms with Crippen molar-refractivity contribution in [2.45, 2.75) is 6.42 Å². The Kier molecular flexibility index (Phi) is 8.79. The van der Waals surface area contributed by atoms with Gasteiger partial charge in [0.05, 0.1) is 14.7 Å². The zero-order chi connectivity index (χ0) is 6.81. The molecule has 1 aromatic carbocycles. The number of benzene rings is 1. The molecular weight excluding hydrogens is 227 g/mol. The molecule has 0 atom stereocenters. The number of rotatable bonds is 0. The molecule has 1 heterocycles. The first-order valence-electron chi connectivity index (χ1n) is 3.36. The van der Waals surface area contributed by atoms with Crippen LogP contribution in [-0.4, -0.2) is 25.8 Å². The number of hydrogen-bond acceptors (Lipinski definition) is 1. The second kappa shape index (κ2) is 7.39. The third-order valence-electron chi connectivity index (χ3n) is 1.60. The molecule has 0 radical (unpaired) electrons. The predicted molar refractivity (Wildman–Crippen MR) is 59.8 cm³/mol. The molecule has 1 aliphatic heterocycles. The van der Waals surface area contributed by atoms with Gasteiger partial charge in [-0.05, 0) is 24.1 Å². The van der Waals surface area contributed by atoms with E-state index in [2.05, 4.69) is 6.07 Å². The molecule has 0 saturated heterocycles. The van der Waals surface area contributed by atoms with Gasteiger partial charge >= 0.3 is 0 Å². The molecule has 0 bridgehead atoms. The Morgan fingerprint density at radius 1 is 1.15 bits per heavy atom. The molecule has 0 fully saturated rings. The van der Waals surface area contributed by atoms with E-state index < -0.39 is 0 Å². The van der Waals surface area contributed by atoms with Crippen LogP contribution >= 0.6 is 0 Å². The molecule has 0 amide bonds. The largest absolute Gasteiger partial charge is 0.465 e. The summed E-state index contributed by atoms with van der Waals surface area (Å²) in [7, 11) is 0. The summed E-state index contributed by atoms with van der Waals surface area (Å²) >= 11 is 0. The molecule has 1 aromatic rings. The number of ether oxygens (including phenoxy) is 1. The fraction of sp³-hybridized carbons (Fsp3) is 0.111. The topological polar surface area (TPSA) is 9.23 Å². The third-order valence-corrected chi connectivity index (χ3v) is 1.60. The van der Waals surface area contributed by atoms with E-state index in [9.17, 15) is 0 Å². The number of allylic oxidation sites excluding steroid dienone is 1. The van der Waals surface area contributed by atoms with Gasteiger partial charge in [0.2, 0.25) is 0 Å². The van der Waals surface area contributed by atoms with E-state index >= 15 is 0 Å². The maximum atomic E-state index is 5.24. The standard InChI is InChI=1S/C9H8O.Al.BH3.Zn.3H/c1-2-6-9-8(4-1)5-3-7-10-9;;;;;;/h1-4,6-7H,5H2;;1H3;;;;. The van der Waals surface area contributed by atoms with E-state index in [0.29, 0.717) is 0 Å². The quantitative estimate of drug-likeness (QED) is 0.570. The summed E-state index contributed by atoms with van der Waals surface area (Å²) in [5, 5.41) is 0. The average Bonchev–Trinajstić information content (AvgIpc) is 2.05. The van der Waals surface area contributed by atoms with E-state index in [4.69, 9.17) is 4.74 Å². The van der Waals surface area contributed by atoms with Crippen LogP contribution in [0.4, 0.5) is 0 Å². The second-order valence-electron chi connectivity index (χ2n) is 2.30. The van der Waals surface area contributed by atoms with Crippen LogP contribution in [0.15, 0.2) is 36.6 Å². The van der Waals surface area contributed by atoms with Crippen LogP contribution in [0.2, 0.25) is 0 Å². The van der Waals surface area contributed by atoms with Crippen molar-refractivity contribution in [2.75, 3.05) is 0 Å². The van der Waals surface area contributed by atoms with Gasteiger partial charge in [-0.1, -0.05) is 18.2 Å². The molecular formula is C9H14AlBOZn. The van der Waals surface area contributed by atoms with Crippen molar-refractivity contribution in [1.82, 2.24) is 0 Å². The molecule has 0 aliphatic carbocycles. The first kappa shape index (κ1) is 15.5. The van der Waals surface area contributed by atoms with Gasteiger partial charge in [0.15, 0.2) is 17.4 Å². The Morgan fingerprint density at radius 2 is 1.85 bits per heavy atom. The minimum atomic E-state index is 0. The normalized spacial score (nSPS) is 10.8. The molecule has 1 aliphatic rings. The number of para-hydroxylation sites is 1. The van der Waals surface area contributed by atoms with Crippen molar-refractivity contribution >= 4 is 25.8 Å². The summed E-state index contributed by atoms with van der Waals surface area (Å²) < 4.78 is 5.24. The van der Waals surface area contributed by atoms with Gasteiger partial charge in [-0.3, -0.25) is 0 Å². The molecule has 13 heavy (non-hydrogen) atoms. The summed E-state index contributed by atoms with van der Waals surface area (Å²) in [4.78, 5) is 0. The van der Waals surface area contributed by atoms with Gasteiger partial charge in [0.25, 0.3) is 0 Å². The third kappa shape index (κ3) is 3.69. The monoisotopic (exact) mass is 240 g/mol. The van der Waals surface area contributed by atoms with Crippen molar-refractivity contribution in [1.29, 1.82) is 0 Å². The molecule has 1 nitrogen and oxygen atoms in total. The Morgan fingerprint density at radius 3 is 2.54 bits per heavy atom. The second-order valence-corrected chi connectivity index (χ2v) is 2.30. The van der Waals surface area contributed by atoms with Crippen LogP contribution in [0.5, 0.6) is 5.75 Å². The molecule has 0 N–H and O–H groups in total. The predicted octanol–water partition coefficient (Wildman–Crippen LogP) is -0.235.